The van der Waals surface area contributed by atoms with Crippen LogP contribution in [-0.2, 0) is 0 Å². The van der Waals surface area contributed by atoms with Crippen molar-refractivity contribution in [2.45, 2.75) is 0 Å². The summed E-state index contributed by atoms with van der Waals surface area (Å²) in [6, 6.07) is 5.76. The number of fused-ring (bicyclic) bond motifs is 1. The van der Waals surface area contributed by atoms with Crippen molar-refractivity contribution in [2.24, 2.45) is 0 Å². The molecule has 2 rings (SSSR count). The van der Waals surface area contributed by atoms with Crippen LogP contribution in [0, 0.1) is 0 Å². The first-order chi connectivity index (χ1) is 5.92. The second-order valence-electron chi connectivity index (χ2n) is 2.42. The maximum Gasteiger partial charge on any atom is 0.145 e. The number of ether oxygens (including phenoxy) is 1. The predicted molar refractivity (Wildman–Crippen MR) is 53.3 cm³/mol. The summed E-state index contributed by atoms with van der Waals surface area (Å²) in [5.41, 5.74) is 0.856. The van der Waals surface area contributed by atoms with Gasteiger partial charge in [-0.15, -0.1) is 12.4 Å². The van der Waals surface area contributed by atoms with Crippen molar-refractivity contribution < 1.29 is 4.74 Å². The number of benzene rings is 1. The normalized spacial score (nSPS) is 9.31. The van der Waals surface area contributed by atoms with E-state index in [1.807, 2.05) is 18.2 Å². The highest BCUT2D eigenvalue weighted by Gasteiger charge is 1.99. The fourth-order valence-corrected chi connectivity index (χ4v) is 1.15. The molecule has 0 N–H and O–H groups in total. The van der Waals surface area contributed by atoms with Crippen LogP contribution in [0.25, 0.3) is 10.9 Å². The quantitative estimate of drug-likeness (QED) is 0.701. The minimum atomic E-state index is 0. The molecule has 13 heavy (non-hydrogen) atoms. The standard InChI is InChI=1S/C9H8N2O.ClH/c1-12-8-4-2-3-7-5-10-6-11-9(7)8;/h2-6H,1H3;1H. The van der Waals surface area contributed by atoms with E-state index in [9.17, 15) is 0 Å². The monoisotopic (exact) mass is 196 g/mol. The molecule has 0 saturated heterocycles. The lowest BCUT2D eigenvalue weighted by Gasteiger charge is -2.01. The summed E-state index contributed by atoms with van der Waals surface area (Å²) in [6.07, 6.45) is 3.29. The molecule has 0 aliphatic carbocycles. The molecule has 0 spiro atoms. The Hall–Kier alpha value is -1.35. The summed E-state index contributed by atoms with van der Waals surface area (Å²) >= 11 is 0. The van der Waals surface area contributed by atoms with Crippen molar-refractivity contribution >= 4 is 23.3 Å². The van der Waals surface area contributed by atoms with Crippen LogP contribution in [0.4, 0.5) is 0 Å². The summed E-state index contributed by atoms with van der Waals surface area (Å²) < 4.78 is 5.14. The van der Waals surface area contributed by atoms with E-state index in [0.717, 1.165) is 16.7 Å². The largest absolute Gasteiger partial charge is 0.494 e. The molecule has 0 amide bonds. The highest BCUT2D eigenvalue weighted by atomic mass is 35.5. The molecule has 0 aliphatic heterocycles. The first kappa shape index (κ1) is 9.74. The second-order valence-corrected chi connectivity index (χ2v) is 2.42. The summed E-state index contributed by atoms with van der Waals surface area (Å²) in [6.45, 7) is 0. The van der Waals surface area contributed by atoms with Gasteiger partial charge in [-0.1, -0.05) is 12.1 Å². The predicted octanol–water partition coefficient (Wildman–Crippen LogP) is 2.06. The van der Waals surface area contributed by atoms with Crippen LogP contribution < -0.4 is 4.74 Å². The molecule has 1 aromatic heterocycles. The summed E-state index contributed by atoms with van der Waals surface area (Å²) in [7, 11) is 1.64. The molecular weight excluding hydrogens is 188 g/mol. The van der Waals surface area contributed by atoms with Crippen LogP contribution in [0.15, 0.2) is 30.7 Å². The van der Waals surface area contributed by atoms with Crippen LogP contribution in [0.1, 0.15) is 0 Å². The molecule has 3 nitrogen and oxygen atoms in total. The van der Waals surface area contributed by atoms with Gasteiger partial charge in [-0.25, -0.2) is 9.97 Å². The van der Waals surface area contributed by atoms with E-state index in [1.54, 1.807) is 13.3 Å². The molecule has 0 radical (unpaired) electrons. The number of methoxy groups -OCH3 is 1. The van der Waals surface area contributed by atoms with Gasteiger partial charge in [0, 0.05) is 11.6 Å². The van der Waals surface area contributed by atoms with Gasteiger partial charge in [0.15, 0.2) is 0 Å². The number of halogens is 1. The average molecular weight is 197 g/mol. The van der Waals surface area contributed by atoms with Gasteiger partial charge in [0.05, 0.1) is 7.11 Å². The van der Waals surface area contributed by atoms with Crippen molar-refractivity contribution in [1.29, 1.82) is 0 Å². The van der Waals surface area contributed by atoms with E-state index in [1.165, 1.54) is 6.33 Å². The van der Waals surface area contributed by atoms with Crippen molar-refractivity contribution in [1.82, 2.24) is 9.97 Å². The van der Waals surface area contributed by atoms with Crippen molar-refractivity contribution in [2.75, 3.05) is 7.11 Å². The topological polar surface area (TPSA) is 35.0 Å². The fourth-order valence-electron chi connectivity index (χ4n) is 1.15. The third kappa shape index (κ3) is 1.70. The van der Waals surface area contributed by atoms with E-state index < -0.39 is 0 Å². The zero-order chi connectivity index (χ0) is 8.39. The average Bonchev–Trinajstić information content (AvgIpc) is 2.17. The van der Waals surface area contributed by atoms with Gasteiger partial charge in [0.25, 0.3) is 0 Å². The Morgan fingerprint density at radius 3 is 2.92 bits per heavy atom. The molecule has 1 heterocycles. The van der Waals surface area contributed by atoms with Gasteiger partial charge in [0.1, 0.15) is 17.6 Å². The van der Waals surface area contributed by atoms with E-state index in [0.29, 0.717) is 0 Å². The van der Waals surface area contributed by atoms with E-state index in [-0.39, 0.29) is 12.4 Å². The Labute approximate surface area is 82.2 Å². The molecule has 4 heteroatoms. The molecule has 0 unspecified atom stereocenters. The lowest BCUT2D eigenvalue weighted by Crippen LogP contribution is -1.87. The number of hydrogen-bond acceptors (Lipinski definition) is 3. The Kier molecular flexibility index (Phi) is 3.03. The smallest absolute Gasteiger partial charge is 0.145 e. The van der Waals surface area contributed by atoms with Crippen LogP contribution in [0.5, 0.6) is 5.75 Å². The molecule has 0 fully saturated rings. The minimum absolute atomic E-state index is 0. The molecule has 0 saturated carbocycles. The maximum absolute atomic E-state index is 5.14. The van der Waals surface area contributed by atoms with Gasteiger partial charge in [0.2, 0.25) is 0 Å². The molecule has 1 aromatic carbocycles. The van der Waals surface area contributed by atoms with E-state index in [2.05, 4.69) is 9.97 Å². The minimum Gasteiger partial charge on any atom is -0.494 e. The Morgan fingerprint density at radius 1 is 1.31 bits per heavy atom. The molecule has 0 aliphatic rings. The lowest BCUT2D eigenvalue weighted by atomic mass is 10.2. The van der Waals surface area contributed by atoms with Gasteiger partial charge in [-0.2, -0.15) is 0 Å². The number of nitrogens with zero attached hydrogens (tertiary/aromatic N) is 2. The molecule has 68 valence electrons. The lowest BCUT2D eigenvalue weighted by molar-refractivity contribution is 0.419. The van der Waals surface area contributed by atoms with Gasteiger partial charge < -0.3 is 4.74 Å². The summed E-state index contributed by atoms with van der Waals surface area (Å²) in [4.78, 5) is 8.04. The van der Waals surface area contributed by atoms with Gasteiger partial charge in [-0.05, 0) is 6.07 Å². The summed E-state index contributed by atoms with van der Waals surface area (Å²) in [5, 5.41) is 0.997. The van der Waals surface area contributed by atoms with E-state index >= 15 is 0 Å². The van der Waals surface area contributed by atoms with Crippen LogP contribution in [0.2, 0.25) is 0 Å². The van der Waals surface area contributed by atoms with Gasteiger partial charge >= 0.3 is 0 Å². The third-order valence-electron chi connectivity index (χ3n) is 1.72. The number of para-hydroxylation sites is 1. The molecule has 0 bridgehead atoms. The zero-order valence-electron chi connectivity index (χ0n) is 7.10. The Bertz CT molecular complexity index is 400. The first-order valence-corrected chi connectivity index (χ1v) is 3.64. The first-order valence-electron chi connectivity index (χ1n) is 3.64. The van der Waals surface area contributed by atoms with Crippen molar-refractivity contribution in [3.63, 3.8) is 0 Å². The van der Waals surface area contributed by atoms with E-state index in [4.69, 9.17) is 4.74 Å². The summed E-state index contributed by atoms with van der Waals surface area (Å²) in [5.74, 6) is 0.787. The number of rotatable bonds is 1. The van der Waals surface area contributed by atoms with Crippen molar-refractivity contribution in [3.8, 4) is 5.75 Å². The van der Waals surface area contributed by atoms with Crippen LogP contribution in [-0.4, -0.2) is 17.1 Å². The van der Waals surface area contributed by atoms with Crippen LogP contribution >= 0.6 is 12.4 Å². The fraction of sp³-hybridized carbons (Fsp3) is 0.111. The third-order valence-corrected chi connectivity index (χ3v) is 1.72. The SMILES string of the molecule is COc1cccc2cncnc12.Cl. The number of hydrogen-bond donors (Lipinski definition) is 0. The Morgan fingerprint density at radius 2 is 2.15 bits per heavy atom. The number of aromatic nitrogens is 2. The highest BCUT2D eigenvalue weighted by Crippen LogP contribution is 2.21. The maximum atomic E-state index is 5.14. The highest BCUT2D eigenvalue weighted by molar-refractivity contribution is 5.85. The van der Waals surface area contributed by atoms with Crippen LogP contribution in [0.3, 0.4) is 0 Å². The zero-order valence-corrected chi connectivity index (χ0v) is 7.91. The molecular formula is C9H9ClN2O. The molecule has 2 aromatic rings. The Balaban J connectivity index is 0.000000845. The van der Waals surface area contributed by atoms with Gasteiger partial charge in [-0.3, -0.25) is 0 Å². The van der Waals surface area contributed by atoms with Crippen molar-refractivity contribution in [3.05, 3.63) is 30.7 Å². The molecule has 0 atom stereocenters. The second kappa shape index (κ2) is 4.05.